The van der Waals surface area contributed by atoms with Gasteiger partial charge in [0.25, 0.3) is 5.69 Å². The quantitative estimate of drug-likeness (QED) is 0.543. The molecule has 1 amide bonds. The second-order valence-corrected chi connectivity index (χ2v) is 5.84. The minimum absolute atomic E-state index is 0.106. The molecule has 0 aliphatic rings. The predicted octanol–water partition coefficient (Wildman–Crippen LogP) is 2.85. The summed E-state index contributed by atoms with van der Waals surface area (Å²) in [6.45, 7) is 1.54. The molecule has 0 saturated carbocycles. The van der Waals surface area contributed by atoms with Crippen molar-refractivity contribution in [3.05, 3.63) is 63.2 Å². The number of nitrogens with one attached hydrogen (secondary N) is 1. The Balaban J connectivity index is 1.73. The molecule has 0 atom stereocenters. The summed E-state index contributed by atoms with van der Waals surface area (Å²) in [7, 11) is 0. The molecule has 0 spiro atoms. The third kappa shape index (κ3) is 3.83. The highest BCUT2D eigenvalue weighted by molar-refractivity contribution is 6.33. The van der Waals surface area contributed by atoms with Crippen LogP contribution in [0.5, 0.6) is 0 Å². The van der Waals surface area contributed by atoms with Gasteiger partial charge in [0.1, 0.15) is 6.54 Å². The maximum atomic E-state index is 12.2. The Hall–Kier alpha value is -3.33. The van der Waals surface area contributed by atoms with Crippen LogP contribution in [0.1, 0.15) is 5.56 Å². The summed E-state index contributed by atoms with van der Waals surface area (Å²) in [5.41, 5.74) is 1.56. The number of nitro groups is 1. The Bertz CT molecular complexity index is 988. The number of hydrogen-bond acceptors (Lipinski definition) is 6. The van der Waals surface area contributed by atoms with Gasteiger partial charge in [0.05, 0.1) is 15.6 Å². The fraction of sp³-hybridized carbons (Fsp3) is 0.125. The lowest BCUT2D eigenvalue weighted by atomic mass is 10.2. The second kappa shape index (κ2) is 7.28. The molecular weight excluding hydrogens is 360 g/mol. The van der Waals surface area contributed by atoms with Crippen molar-refractivity contribution in [3.63, 3.8) is 0 Å². The monoisotopic (exact) mass is 372 g/mol. The number of aromatic nitrogens is 4. The molecule has 0 aliphatic heterocycles. The van der Waals surface area contributed by atoms with Gasteiger partial charge in [-0.2, -0.15) is 4.80 Å². The van der Waals surface area contributed by atoms with Gasteiger partial charge in [0.15, 0.2) is 0 Å². The number of tetrazole rings is 1. The number of carbonyl (C=O) groups is 1. The maximum absolute atomic E-state index is 12.2. The molecule has 0 radical (unpaired) electrons. The molecule has 10 heteroatoms. The van der Waals surface area contributed by atoms with Crippen molar-refractivity contribution in [2.45, 2.75) is 13.5 Å². The van der Waals surface area contributed by atoms with E-state index in [1.807, 2.05) is 0 Å². The molecule has 3 aromatic rings. The minimum Gasteiger partial charge on any atom is -0.324 e. The third-order valence-corrected chi connectivity index (χ3v) is 3.89. The van der Waals surface area contributed by atoms with E-state index in [0.717, 1.165) is 4.80 Å². The summed E-state index contributed by atoms with van der Waals surface area (Å²) in [4.78, 5) is 23.7. The smallest absolute Gasteiger partial charge is 0.271 e. The van der Waals surface area contributed by atoms with Crippen molar-refractivity contribution in [1.82, 2.24) is 20.2 Å². The lowest BCUT2D eigenvalue weighted by Gasteiger charge is -2.07. The first-order valence-corrected chi connectivity index (χ1v) is 7.89. The first kappa shape index (κ1) is 17.5. The summed E-state index contributed by atoms with van der Waals surface area (Å²) in [6, 6.07) is 11.3. The van der Waals surface area contributed by atoms with Gasteiger partial charge < -0.3 is 5.32 Å². The lowest BCUT2D eigenvalue weighted by molar-refractivity contribution is -0.384. The average molecular weight is 373 g/mol. The molecule has 9 nitrogen and oxygen atoms in total. The lowest BCUT2D eigenvalue weighted by Crippen LogP contribution is -2.21. The number of nitrogens with zero attached hydrogens (tertiary/aromatic N) is 5. The van der Waals surface area contributed by atoms with Gasteiger partial charge in [-0.3, -0.25) is 14.9 Å². The highest BCUT2D eigenvalue weighted by atomic mass is 35.5. The summed E-state index contributed by atoms with van der Waals surface area (Å²) < 4.78 is 0. The fourth-order valence-corrected chi connectivity index (χ4v) is 2.46. The maximum Gasteiger partial charge on any atom is 0.271 e. The van der Waals surface area contributed by atoms with Crippen LogP contribution in [-0.2, 0) is 11.3 Å². The van der Waals surface area contributed by atoms with Gasteiger partial charge >= 0.3 is 0 Å². The Kier molecular flexibility index (Phi) is 4.90. The Morgan fingerprint density at radius 3 is 2.81 bits per heavy atom. The number of nitro benzene ring substituents is 1. The van der Waals surface area contributed by atoms with Crippen LogP contribution in [0.2, 0.25) is 5.02 Å². The molecular formula is C16H13ClN6O3. The van der Waals surface area contributed by atoms with Crippen molar-refractivity contribution >= 4 is 28.9 Å². The van der Waals surface area contributed by atoms with Gasteiger partial charge in [0, 0.05) is 17.7 Å². The summed E-state index contributed by atoms with van der Waals surface area (Å²) in [6.07, 6.45) is 0. The minimum atomic E-state index is -0.524. The zero-order chi connectivity index (χ0) is 18.7. The number of halogens is 1. The summed E-state index contributed by atoms with van der Waals surface area (Å²) >= 11 is 6.09. The van der Waals surface area contributed by atoms with Crippen LogP contribution in [0.25, 0.3) is 11.4 Å². The van der Waals surface area contributed by atoms with E-state index in [1.54, 1.807) is 37.3 Å². The van der Waals surface area contributed by atoms with Crippen LogP contribution in [0.4, 0.5) is 11.4 Å². The van der Waals surface area contributed by atoms with Crippen LogP contribution >= 0.6 is 11.6 Å². The van der Waals surface area contributed by atoms with Crippen LogP contribution in [-0.4, -0.2) is 31.0 Å². The number of amides is 1. The largest absolute Gasteiger partial charge is 0.324 e. The molecule has 0 aliphatic carbocycles. The first-order chi connectivity index (χ1) is 12.4. The van der Waals surface area contributed by atoms with E-state index < -0.39 is 10.8 Å². The molecule has 26 heavy (non-hydrogen) atoms. The fourth-order valence-electron chi connectivity index (χ4n) is 2.24. The van der Waals surface area contributed by atoms with Gasteiger partial charge in [-0.1, -0.05) is 29.8 Å². The van der Waals surface area contributed by atoms with Crippen molar-refractivity contribution in [2.75, 3.05) is 5.32 Å². The summed E-state index contributed by atoms with van der Waals surface area (Å²) in [5.74, 6) is -0.133. The van der Waals surface area contributed by atoms with E-state index in [1.165, 1.54) is 12.1 Å². The Labute approximate surface area is 152 Å². The normalized spacial score (nSPS) is 10.5. The van der Waals surface area contributed by atoms with Gasteiger partial charge in [0.2, 0.25) is 11.7 Å². The van der Waals surface area contributed by atoms with Crippen LogP contribution in [0, 0.1) is 17.0 Å². The molecule has 132 valence electrons. The molecule has 1 aromatic heterocycles. The Morgan fingerprint density at radius 1 is 1.31 bits per heavy atom. The molecule has 1 N–H and O–H groups in total. The predicted molar refractivity (Wildman–Crippen MR) is 94.7 cm³/mol. The van der Waals surface area contributed by atoms with Gasteiger partial charge in [-0.15, -0.1) is 10.2 Å². The van der Waals surface area contributed by atoms with E-state index in [4.69, 9.17) is 11.6 Å². The average Bonchev–Trinajstić information content (AvgIpc) is 3.05. The van der Waals surface area contributed by atoms with Crippen molar-refractivity contribution in [1.29, 1.82) is 0 Å². The van der Waals surface area contributed by atoms with Crippen LogP contribution in [0.3, 0.4) is 0 Å². The van der Waals surface area contributed by atoms with Gasteiger partial charge in [-0.05, 0) is 29.8 Å². The highest BCUT2D eigenvalue weighted by Gasteiger charge is 2.14. The molecule has 1 heterocycles. The van der Waals surface area contributed by atoms with E-state index in [2.05, 4.69) is 20.7 Å². The standard InChI is InChI=1S/C16H13ClN6O3/c1-10-6-7-11(23(25)26)8-14(10)18-15(24)9-22-20-16(19-21-22)12-4-2-3-5-13(12)17/h2-8H,9H2,1H3,(H,18,24). The number of rotatable bonds is 5. The molecule has 3 rings (SSSR count). The van der Waals surface area contributed by atoms with E-state index >= 15 is 0 Å². The molecule has 0 fully saturated rings. The molecule has 0 saturated heterocycles. The number of benzene rings is 2. The summed E-state index contributed by atoms with van der Waals surface area (Å²) in [5, 5.41) is 25.8. The molecule has 0 unspecified atom stereocenters. The number of non-ortho nitro benzene ring substituents is 1. The SMILES string of the molecule is Cc1ccc([N+](=O)[O-])cc1NC(=O)Cn1nnc(-c2ccccc2Cl)n1. The van der Waals surface area contributed by atoms with Crippen LogP contribution < -0.4 is 5.32 Å². The Morgan fingerprint density at radius 2 is 2.08 bits per heavy atom. The molecule has 2 aromatic carbocycles. The van der Waals surface area contributed by atoms with Crippen molar-refractivity contribution in [2.24, 2.45) is 0 Å². The van der Waals surface area contributed by atoms with E-state index in [9.17, 15) is 14.9 Å². The van der Waals surface area contributed by atoms with E-state index in [-0.39, 0.29) is 12.2 Å². The van der Waals surface area contributed by atoms with Gasteiger partial charge in [-0.25, -0.2) is 0 Å². The van der Waals surface area contributed by atoms with E-state index in [0.29, 0.717) is 27.7 Å². The third-order valence-electron chi connectivity index (χ3n) is 3.56. The topological polar surface area (TPSA) is 116 Å². The zero-order valence-electron chi connectivity index (χ0n) is 13.6. The number of hydrogen-bond donors (Lipinski definition) is 1. The second-order valence-electron chi connectivity index (χ2n) is 5.43. The van der Waals surface area contributed by atoms with Crippen LogP contribution in [0.15, 0.2) is 42.5 Å². The van der Waals surface area contributed by atoms with Crippen molar-refractivity contribution < 1.29 is 9.72 Å². The zero-order valence-corrected chi connectivity index (χ0v) is 14.3. The van der Waals surface area contributed by atoms with Crippen molar-refractivity contribution in [3.8, 4) is 11.4 Å². The number of aryl methyl sites for hydroxylation is 1. The number of anilines is 1. The molecule has 0 bridgehead atoms. The number of carbonyl (C=O) groups excluding carboxylic acids is 1. The highest BCUT2D eigenvalue weighted by Crippen LogP contribution is 2.24. The first-order valence-electron chi connectivity index (χ1n) is 7.51.